The summed E-state index contributed by atoms with van der Waals surface area (Å²) in [6, 6.07) is 10.3. The molecule has 2 rings (SSSR count). The first-order chi connectivity index (χ1) is 9.10. The Hall–Kier alpha value is -1.81. The number of methoxy groups -OCH3 is 1. The summed E-state index contributed by atoms with van der Waals surface area (Å²) in [6.07, 6.45) is 1.83. The maximum absolute atomic E-state index is 11.5. The van der Waals surface area contributed by atoms with E-state index in [1.54, 1.807) is 0 Å². The lowest BCUT2D eigenvalue weighted by atomic mass is 10.1. The summed E-state index contributed by atoms with van der Waals surface area (Å²) >= 11 is 1.46. The molecule has 0 atom stereocenters. The summed E-state index contributed by atoms with van der Waals surface area (Å²) in [5.41, 5.74) is 8.85. The fraction of sp³-hybridized carbons (Fsp3) is 0.267. The minimum Gasteiger partial charge on any atom is -0.465 e. The van der Waals surface area contributed by atoms with E-state index in [9.17, 15) is 4.79 Å². The van der Waals surface area contributed by atoms with Crippen LogP contribution in [0.2, 0.25) is 0 Å². The van der Waals surface area contributed by atoms with Crippen LogP contribution < -0.4 is 5.73 Å². The number of hydrogen-bond donors (Lipinski definition) is 1. The first-order valence-electron chi connectivity index (χ1n) is 6.12. The van der Waals surface area contributed by atoms with Gasteiger partial charge in [0.25, 0.3) is 0 Å². The molecular formula is C15H17NO2S. The van der Waals surface area contributed by atoms with Gasteiger partial charge in [0.1, 0.15) is 5.00 Å². The summed E-state index contributed by atoms with van der Waals surface area (Å²) in [4.78, 5) is 12.6. The van der Waals surface area contributed by atoms with Crippen LogP contribution in [0.4, 0.5) is 5.00 Å². The van der Waals surface area contributed by atoms with Crippen molar-refractivity contribution >= 4 is 22.3 Å². The zero-order chi connectivity index (χ0) is 13.8. The molecule has 19 heavy (non-hydrogen) atoms. The predicted octanol–water partition coefficient (Wildman–Crippen LogP) is 3.21. The number of anilines is 1. The predicted molar refractivity (Wildman–Crippen MR) is 78.7 cm³/mol. The molecule has 1 heterocycles. The topological polar surface area (TPSA) is 52.3 Å². The van der Waals surface area contributed by atoms with E-state index in [-0.39, 0.29) is 5.97 Å². The van der Waals surface area contributed by atoms with Crippen molar-refractivity contribution in [2.75, 3.05) is 12.8 Å². The van der Waals surface area contributed by atoms with E-state index in [0.29, 0.717) is 10.6 Å². The maximum Gasteiger partial charge on any atom is 0.340 e. The van der Waals surface area contributed by atoms with Gasteiger partial charge in [-0.3, -0.25) is 0 Å². The lowest BCUT2D eigenvalue weighted by Gasteiger charge is -2.00. The van der Waals surface area contributed by atoms with Gasteiger partial charge in [0, 0.05) is 4.88 Å². The summed E-state index contributed by atoms with van der Waals surface area (Å²) in [6.45, 7) is 2.08. The summed E-state index contributed by atoms with van der Waals surface area (Å²) in [5, 5.41) is 0.533. The molecule has 1 aromatic heterocycles. The van der Waals surface area contributed by atoms with Crippen molar-refractivity contribution in [3.05, 3.63) is 51.9 Å². The molecule has 0 aliphatic carbocycles. The van der Waals surface area contributed by atoms with Crippen LogP contribution in [0, 0.1) is 6.92 Å². The number of carbonyl (C=O) groups is 1. The first kappa shape index (κ1) is 13.6. The van der Waals surface area contributed by atoms with E-state index in [1.807, 2.05) is 6.07 Å². The molecule has 0 spiro atoms. The van der Waals surface area contributed by atoms with Gasteiger partial charge in [-0.05, 0) is 31.4 Å². The normalized spacial score (nSPS) is 10.4. The minimum absolute atomic E-state index is 0.365. The Balaban J connectivity index is 2.04. The molecule has 0 unspecified atom stereocenters. The van der Waals surface area contributed by atoms with Crippen LogP contribution in [0.1, 0.15) is 26.4 Å². The molecule has 0 saturated heterocycles. The van der Waals surface area contributed by atoms with Crippen molar-refractivity contribution in [2.24, 2.45) is 0 Å². The van der Waals surface area contributed by atoms with Crippen LogP contribution in [0.15, 0.2) is 30.3 Å². The SMILES string of the molecule is COC(=O)c1cc(CCc2ccc(C)cc2)sc1N. The van der Waals surface area contributed by atoms with Crippen molar-refractivity contribution in [3.8, 4) is 0 Å². The Morgan fingerprint density at radius 1 is 1.26 bits per heavy atom. The van der Waals surface area contributed by atoms with Gasteiger partial charge in [0.2, 0.25) is 0 Å². The second-order valence-electron chi connectivity index (χ2n) is 4.47. The van der Waals surface area contributed by atoms with Crippen LogP contribution in [-0.4, -0.2) is 13.1 Å². The van der Waals surface area contributed by atoms with Crippen LogP contribution in [0.5, 0.6) is 0 Å². The molecule has 100 valence electrons. The average Bonchev–Trinajstić information content (AvgIpc) is 2.78. The van der Waals surface area contributed by atoms with E-state index in [0.717, 1.165) is 17.7 Å². The molecule has 2 aromatic rings. The molecule has 0 radical (unpaired) electrons. The molecule has 0 saturated carbocycles. The highest BCUT2D eigenvalue weighted by molar-refractivity contribution is 7.16. The van der Waals surface area contributed by atoms with E-state index < -0.39 is 0 Å². The van der Waals surface area contributed by atoms with Gasteiger partial charge in [0.05, 0.1) is 12.7 Å². The van der Waals surface area contributed by atoms with Gasteiger partial charge in [-0.1, -0.05) is 29.8 Å². The van der Waals surface area contributed by atoms with Crippen molar-refractivity contribution < 1.29 is 9.53 Å². The highest BCUT2D eigenvalue weighted by Gasteiger charge is 2.14. The lowest BCUT2D eigenvalue weighted by Crippen LogP contribution is -2.02. The van der Waals surface area contributed by atoms with Crippen LogP contribution in [0.3, 0.4) is 0 Å². The Morgan fingerprint density at radius 2 is 1.95 bits per heavy atom. The molecule has 1 aromatic carbocycles. The van der Waals surface area contributed by atoms with E-state index >= 15 is 0 Å². The van der Waals surface area contributed by atoms with E-state index in [1.165, 1.54) is 29.6 Å². The smallest absolute Gasteiger partial charge is 0.340 e. The zero-order valence-electron chi connectivity index (χ0n) is 11.1. The average molecular weight is 275 g/mol. The van der Waals surface area contributed by atoms with Gasteiger partial charge in [0.15, 0.2) is 0 Å². The molecule has 4 heteroatoms. The summed E-state index contributed by atoms with van der Waals surface area (Å²) < 4.78 is 4.69. The van der Waals surface area contributed by atoms with Gasteiger partial charge in [-0.15, -0.1) is 11.3 Å². The molecule has 0 aliphatic rings. The van der Waals surface area contributed by atoms with Gasteiger partial charge in [-0.25, -0.2) is 4.79 Å². The molecule has 0 amide bonds. The number of esters is 1. The molecule has 2 N–H and O–H groups in total. The molecule has 0 aliphatic heterocycles. The van der Waals surface area contributed by atoms with Crippen molar-refractivity contribution in [1.29, 1.82) is 0 Å². The van der Waals surface area contributed by atoms with Crippen LogP contribution in [0.25, 0.3) is 0 Å². The molecule has 3 nitrogen and oxygen atoms in total. The van der Waals surface area contributed by atoms with Gasteiger partial charge >= 0.3 is 5.97 Å². The third-order valence-electron chi connectivity index (χ3n) is 3.00. The Morgan fingerprint density at radius 3 is 2.58 bits per heavy atom. The van der Waals surface area contributed by atoms with E-state index in [4.69, 9.17) is 10.5 Å². The molecule has 0 bridgehead atoms. The van der Waals surface area contributed by atoms with Gasteiger partial charge in [-0.2, -0.15) is 0 Å². The highest BCUT2D eigenvalue weighted by Crippen LogP contribution is 2.26. The molecular weight excluding hydrogens is 258 g/mol. The quantitative estimate of drug-likeness (QED) is 0.872. The second kappa shape index (κ2) is 5.89. The Labute approximate surface area is 117 Å². The van der Waals surface area contributed by atoms with Crippen LogP contribution in [-0.2, 0) is 17.6 Å². The zero-order valence-corrected chi connectivity index (χ0v) is 11.9. The first-order valence-corrected chi connectivity index (χ1v) is 6.94. The fourth-order valence-electron chi connectivity index (χ4n) is 1.87. The Kier molecular flexibility index (Phi) is 4.22. The summed E-state index contributed by atoms with van der Waals surface area (Å²) in [5.74, 6) is -0.365. The number of ether oxygens (including phenoxy) is 1. The third-order valence-corrected chi connectivity index (χ3v) is 4.02. The number of benzene rings is 1. The number of rotatable bonds is 4. The highest BCUT2D eigenvalue weighted by atomic mass is 32.1. The van der Waals surface area contributed by atoms with Crippen molar-refractivity contribution in [2.45, 2.75) is 19.8 Å². The number of hydrogen-bond acceptors (Lipinski definition) is 4. The number of nitrogen functional groups attached to an aromatic ring is 1. The fourth-order valence-corrected chi connectivity index (χ4v) is 2.79. The lowest BCUT2D eigenvalue weighted by molar-refractivity contribution is 0.0602. The van der Waals surface area contributed by atoms with E-state index in [2.05, 4.69) is 31.2 Å². The largest absolute Gasteiger partial charge is 0.465 e. The minimum atomic E-state index is -0.365. The maximum atomic E-state index is 11.5. The third kappa shape index (κ3) is 3.35. The standard InChI is InChI=1S/C15H17NO2S/c1-10-3-5-11(6-4-10)7-8-12-9-13(14(16)19-12)15(17)18-2/h3-6,9H,7-8,16H2,1-2H3. The van der Waals surface area contributed by atoms with Crippen molar-refractivity contribution in [3.63, 3.8) is 0 Å². The number of carbonyl (C=O) groups excluding carboxylic acids is 1. The Bertz CT molecular complexity index is 572. The number of thiophene rings is 1. The second-order valence-corrected chi connectivity index (χ2v) is 5.64. The number of aryl methyl sites for hydroxylation is 3. The molecule has 0 fully saturated rings. The van der Waals surface area contributed by atoms with Crippen LogP contribution >= 0.6 is 11.3 Å². The monoisotopic (exact) mass is 275 g/mol. The van der Waals surface area contributed by atoms with Gasteiger partial charge < -0.3 is 10.5 Å². The van der Waals surface area contributed by atoms with Crippen molar-refractivity contribution in [1.82, 2.24) is 0 Å². The number of nitrogens with two attached hydrogens (primary N) is 1. The summed E-state index contributed by atoms with van der Waals surface area (Å²) in [7, 11) is 1.37.